The Bertz CT molecular complexity index is 787. The summed E-state index contributed by atoms with van der Waals surface area (Å²) >= 11 is 18.4. The van der Waals surface area contributed by atoms with Gasteiger partial charge in [-0.2, -0.15) is 0 Å². The first kappa shape index (κ1) is 15.4. The molecule has 0 aliphatic heterocycles. The van der Waals surface area contributed by atoms with Gasteiger partial charge in [-0.3, -0.25) is 0 Å². The van der Waals surface area contributed by atoms with Crippen molar-refractivity contribution in [2.75, 3.05) is 0 Å². The molecular weight excluding hydrogens is 339 g/mol. The molecule has 0 aliphatic carbocycles. The van der Waals surface area contributed by atoms with Gasteiger partial charge in [0.15, 0.2) is 0 Å². The topological polar surface area (TPSA) is 28.7 Å². The number of halogens is 3. The van der Waals surface area contributed by atoms with Gasteiger partial charge in [0.05, 0.1) is 5.69 Å². The van der Waals surface area contributed by atoms with Crippen LogP contribution < -0.4 is 0 Å². The molecule has 0 radical (unpaired) electrons. The number of nitrogens with one attached hydrogen (secondary N) is 1. The molecule has 0 fully saturated rings. The van der Waals surface area contributed by atoms with E-state index in [2.05, 4.69) is 9.97 Å². The van der Waals surface area contributed by atoms with Gasteiger partial charge in [0.25, 0.3) is 0 Å². The molecule has 0 unspecified atom stereocenters. The van der Waals surface area contributed by atoms with Crippen LogP contribution in [0.3, 0.4) is 0 Å². The van der Waals surface area contributed by atoms with Crippen molar-refractivity contribution in [3.05, 3.63) is 74.6 Å². The third kappa shape index (κ3) is 3.14. The predicted molar refractivity (Wildman–Crippen MR) is 93.0 cm³/mol. The summed E-state index contributed by atoms with van der Waals surface area (Å²) in [6, 6.07) is 13.1. The molecule has 2 nitrogen and oxygen atoms in total. The van der Waals surface area contributed by atoms with Gasteiger partial charge in [-0.05, 0) is 36.8 Å². The molecule has 0 saturated carbocycles. The standard InChI is InChI=1S/C17H13Cl3N2/c1-10-17(11-5-7-12(18)8-6-11)22-16(21-10)9-13-14(19)3-2-4-15(13)20/h2-8H,9H2,1H3,(H,21,22). The zero-order chi connectivity index (χ0) is 15.7. The van der Waals surface area contributed by atoms with Crippen LogP contribution in [0.25, 0.3) is 11.3 Å². The maximum atomic E-state index is 6.22. The summed E-state index contributed by atoms with van der Waals surface area (Å²) in [6.45, 7) is 1.99. The molecule has 1 heterocycles. The summed E-state index contributed by atoms with van der Waals surface area (Å²) < 4.78 is 0. The molecule has 5 heteroatoms. The summed E-state index contributed by atoms with van der Waals surface area (Å²) in [5, 5.41) is 2.00. The average molecular weight is 352 g/mol. The second kappa shape index (κ2) is 6.33. The van der Waals surface area contributed by atoms with E-state index in [0.717, 1.165) is 28.3 Å². The molecule has 0 bridgehead atoms. The lowest BCUT2D eigenvalue weighted by Gasteiger charge is -2.04. The quantitative estimate of drug-likeness (QED) is 0.622. The highest BCUT2D eigenvalue weighted by molar-refractivity contribution is 6.36. The van der Waals surface area contributed by atoms with Crippen molar-refractivity contribution in [3.8, 4) is 11.3 Å². The average Bonchev–Trinajstić information content (AvgIpc) is 2.85. The first-order valence-corrected chi connectivity index (χ1v) is 7.92. The van der Waals surface area contributed by atoms with Crippen molar-refractivity contribution in [1.82, 2.24) is 9.97 Å². The number of imidazole rings is 1. The highest BCUT2D eigenvalue weighted by Crippen LogP contribution is 2.28. The Morgan fingerprint density at radius 3 is 2.23 bits per heavy atom. The Morgan fingerprint density at radius 2 is 1.59 bits per heavy atom. The Morgan fingerprint density at radius 1 is 0.955 bits per heavy atom. The number of hydrogen-bond acceptors (Lipinski definition) is 1. The summed E-state index contributed by atoms with van der Waals surface area (Å²) in [7, 11) is 0. The Labute approximate surface area is 144 Å². The summed E-state index contributed by atoms with van der Waals surface area (Å²) in [5.74, 6) is 0.831. The number of aromatic nitrogens is 2. The Hall–Kier alpha value is -1.48. The van der Waals surface area contributed by atoms with E-state index in [1.807, 2.05) is 49.4 Å². The number of hydrogen-bond donors (Lipinski definition) is 1. The SMILES string of the molecule is Cc1[nH]c(Cc2c(Cl)cccc2Cl)nc1-c1ccc(Cl)cc1. The van der Waals surface area contributed by atoms with Gasteiger partial charge in [-0.25, -0.2) is 4.98 Å². The third-order valence-electron chi connectivity index (χ3n) is 3.46. The van der Waals surface area contributed by atoms with Gasteiger partial charge in [-0.15, -0.1) is 0 Å². The molecule has 22 heavy (non-hydrogen) atoms. The van der Waals surface area contributed by atoms with Crippen LogP contribution in [-0.2, 0) is 6.42 Å². The van der Waals surface area contributed by atoms with Crippen LogP contribution in [0.15, 0.2) is 42.5 Å². The summed E-state index contributed by atoms with van der Waals surface area (Å²) in [6.07, 6.45) is 0.562. The molecule has 0 atom stereocenters. The van der Waals surface area contributed by atoms with Crippen molar-refractivity contribution in [3.63, 3.8) is 0 Å². The van der Waals surface area contributed by atoms with Crippen LogP contribution in [0.1, 0.15) is 17.1 Å². The molecule has 3 aromatic rings. The number of H-pyrrole nitrogens is 1. The molecule has 3 rings (SSSR count). The fourth-order valence-corrected chi connectivity index (χ4v) is 3.02. The second-order valence-corrected chi connectivity index (χ2v) is 6.29. The minimum atomic E-state index is 0.562. The summed E-state index contributed by atoms with van der Waals surface area (Å²) in [4.78, 5) is 7.97. The lowest BCUT2D eigenvalue weighted by atomic mass is 10.1. The van der Waals surface area contributed by atoms with E-state index in [9.17, 15) is 0 Å². The zero-order valence-electron chi connectivity index (χ0n) is 11.8. The van der Waals surface area contributed by atoms with E-state index in [1.165, 1.54) is 0 Å². The number of benzene rings is 2. The van der Waals surface area contributed by atoms with Gasteiger partial charge >= 0.3 is 0 Å². The molecular formula is C17H13Cl3N2. The molecule has 1 N–H and O–H groups in total. The first-order chi connectivity index (χ1) is 10.5. The van der Waals surface area contributed by atoms with Gasteiger partial charge < -0.3 is 4.98 Å². The van der Waals surface area contributed by atoms with Crippen molar-refractivity contribution < 1.29 is 0 Å². The van der Waals surface area contributed by atoms with Gasteiger partial charge in [0, 0.05) is 32.7 Å². The van der Waals surface area contributed by atoms with E-state index in [4.69, 9.17) is 34.8 Å². The molecule has 112 valence electrons. The smallest absolute Gasteiger partial charge is 0.111 e. The van der Waals surface area contributed by atoms with Crippen LogP contribution in [0.4, 0.5) is 0 Å². The highest BCUT2D eigenvalue weighted by Gasteiger charge is 2.12. The zero-order valence-corrected chi connectivity index (χ0v) is 14.1. The molecule has 0 aliphatic rings. The number of aryl methyl sites for hydroxylation is 1. The normalized spacial score (nSPS) is 10.9. The minimum absolute atomic E-state index is 0.562. The summed E-state index contributed by atoms with van der Waals surface area (Å²) in [5.41, 5.74) is 3.81. The first-order valence-electron chi connectivity index (χ1n) is 6.79. The van der Waals surface area contributed by atoms with Crippen molar-refractivity contribution >= 4 is 34.8 Å². The number of aromatic amines is 1. The maximum absolute atomic E-state index is 6.22. The molecule has 0 amide bonds. The number of rotatable bonds is 3. The second-order valence-electron chi connectivity index (χ2n) is 5.04. The molecule has 0 saturated heterocycles. The van der Waals surface area contributed by atoms with E-state index in [0.29, 0.717) is 21.5 Å². The van der Waals surface area contributed by atoms with E-state index in [-0.39, 0.29) is 0 Å². The van der Waals surface area contributed by atoms with E-state index < -0.39 is 0 Å². The lowest BCUT2D eigenvalue weighted by Crippen LogP contribution is -1.93. The van der Waals surface area contributed by atoms with Gasteiger partial charge in [-0.1, -0.05) is 53.0 Å². The molecule has 2 aromatic carbocycles. The minimum Gasteiger partial charge on any atom is -0.345 e. The van der Waals surface area contributed by atoms with Gasteiger partial charge in [0.1, 0.15) is 5.82 Å². The van der Waals surface area contributed by atoms with Crippen LogP contribution in [-0.4, -0.2) is 9.97 Å². The van der Waals surface area contributed by atoms with E-state index in [1.54, 1.807) is 0 Å². The van der Waals surface area contributed by atoms with Crippen molar-refractivity contribution in [2.45, 2.75) is 13.3 Å². The van der Waals surface area contributed by atoms with E-state index >= 15 is 0 Å². The fraction of sp³-hybridized carbons (Fsp3) is 0.118. The Balaban J connectivity index is 1.94. The third-order valence-corrected chi connectivity index (χ3v) is 4.42. The predicted octanol–water partition coefficient (Wildman–Crippen LogP) is 5.94. The molecule has 0 spiro atoms. The fourth-order valence-electron chi connectivity index (χ4n) is 2.36. The number of nitrogens with zero attached hydrogens (tertiary/aromatic N) is 1. The molecule has 1 aromatic heterocycles. The van der Waals surface area contributed by atoms with Crippen LogP contribution >= 0.6 is 34.8 Å². The van der Waals surface area contributed by atoms with Crippen LogP contribution in [0.5, 0.6) is 0 Å². The Kier molecular flexibility index (Phi) is 4.44. The van der Waals surface area contributed by atoms with Gasteiger partial charge in [0.2, 0.25) is 0 Å². The largest absolute Gasteiger partial charge is 0.345 e. The van der Waals surface area contributed by atoms with Crippen molar-refractivity contribution in [1.29, 1.82) is 0 Å². The lowest BCUT2D eigenvalue weighted by molar-refractivity contribution is 1.02. The highest BCUT2D eigenvalue weighted by atomic mass is 35.5. The maximum Gasteiger partial charge on any atom is 0.111 e. The van der Waals surface area contributed by atoms with Crippen LogP contribution in [0, 0.1) is 6.92 Å². The van der Waals surface area contributed by atoms with Crippen LogP contribution in [0.2, 0.25) is 15.1 Å². The van der Waals surface area contributed by atoms with Crippen molar-refractivity contribution in [2.24, 2.45) is 0 Å². The monoisotopic (exact) mass is 350 g/mol.